The Morgan fingerprint density at radius 3 is 2.65 bits per heavy atom. The van der Waals surface area contributed by atoms with Crippen LogP contribution in [0, 0.1) is 0 Å². The smallest absolute Gasteiger partial charge is 0.268 e. The van der Waals surface area contributed by atoms with Gasteiger partial charge in [0.25, 0.3) is 5.91 Å². The van der Waals surface area contributed by atoms with Crippen LogP contribution in [0.1, 0.15) is 28.9 Å². The van der Waals surface area contributed by atoms with Crippen LogP contribution in [0.15, 0.2) is 42.5 Å². The van der Waals surface area contributed by atoms with E-state index < -0.39 is 38.9 Å². The fraction of sp³-hybridized carbons (Fsp3) is 0.333. The summed E-state index contributed by atoms with van der Waals surface area (Å²) in [5, 5.41) is 13.1. The number of Topliss-reactive ketones (excluding diaryl/α,β-unsaturated/α-hetero) is 1. The van der Waals surface area contributed by atoms with Crippen molar-refractivity contribution in [1.29, 1.82) is 0 Å². The minimum absolute atomic E-state index is 0.0619. The zero-order valence-corrected chi connectivity index (χ0v) is 18.8. The molecule has 0 spiro atoms. The molecule has 1 amide bonds. The third kappa shape index (κ3) is 4.69. The van der Waals surface area contributed by atoms with Gasteiger partial charge < -0.3 is 15.4 Å². The highest BCUT2D eigenvalue weighted by Gasteiger charge is 2.42. The molecule has 4 rings (SSSR count). The molecule has 1 aliphatic heterocycles. The Hall–Kier alpha value is -2.20. The molecule has 0 radical (unpaired) electrons. The van der Waals surface area contributed by atoms with Crippen molar-refractivity contribution >= 4 is 54.7 Å². The molecule has 7 nitrogen and oxygen atoms in total. The van der Waals surface area contributed by atoms with Gasteiger partial charge in [-0.3, -0.25) is 9.59 Å². The number of nitrogens with one attached hydrogen (secondary N) is 2. The molecule has 3 heterocycles. The van der Waals surface area contributed by atoms with Gasteiger partial charge in [-0.05, 0) is 37.0 Å². The minimum Gasteiger partial charge on any atom is -0.383 e. The number of amides is 1. The lowest BCUT2D eigenvalue weighted by molar-refractivity contribution is -0.128. The van der Waals surface area contributed by atoms with Gasteiger partial charge >= 0.3 is 0 Å². The Balaban J connectivity index is 1.57. The van der Waals surface area contributed by atoms with Crippen LogP contribution in [0.2, 0.25) is 4.34 Å². The molecule has 10 heteroatoms. The second kappa shape index (κ2) is 8.74. The summed E-state index contributed by atoms with van der Waals surface area (Å²) >= 11 is 7.27. The standard InChI is InChI=1S/C21H21ClN2O5S2/c22-17-11-13-10-15(24-21(13)30-17)20(27)23-14(9-12-5-2-1-3-6-12)18(25)19(26)16-7-4-8-31(16,28)29/h1-3,5-6,10-11,14,16,18,24-25H,4,7-9H2,(H,23,27). The van der Waals surface area contributed by atoms with Crippen LogP contribution in [-0.4, -0.2) is 53.3 Å². The van der Waals surface area contributed by atoms with Gasteiger partial charge in [0, 0.05) is 5.39 Å². The molecule has 0 aliphatic carbocycles. The summed E-state index contributed by atoms with van der Waals surface area (Å²) in [5.74, 6) is -1.33. The van der Waals surface area contributed by atoms with Crippen molar-refractivity contribution in [2.24, 2.45) is 0 Å². The second-order valence-electron chi connectivity index (χ2n) is 7.63. The molecule has 3 atom stereocenters. The Labute approximate surface area is 188 Å². The number of H-pyrrole nitrogens is 1. The average molecular weight is 481 g/mol. The quantitative estimate of drug-likeness (QED) is 0.480. The highest BCUT2D eigenvalue weighted by Crippen LogP contribution is 2.29. The van der Waals surface area contributed by atoms with Crippen molar-refractivity contribution in [2.75, 3.05) is 5.75 Å². The first-order chi connectivity index (χ1) is 14.7. The van der Waals surface area contributed by atoms with Gasteiger partial charge in [0.05, 0.1) is 16.1 Å². The fourth-order valence-electron chi connectivity index (χ4n) is 3.87. The van der Waals surface area contributed by atoms with Gasteiger partial charge in [-0.25, -0.2) is 8.42 Å². The Morgan fingerprint density at radius 2 is 2.00 bits per heavy atom. The Morgan fingerprint density at radius 1 is 1.26 bits per heavy atom. The first kappa shape index (κ1) is 22.0. The number of hydrogen-bond acceptors (Lipinski definition) is 6. The molecule has 31 heavy (non-hydrogen) atoms. The Kier molecular flexibility index (Phi) is 6.20. The van der Waals surface area contributed by atoms with Crippen molar-refractivity contribution in [1.82, 2.24) is 10.3 Å². The van der Waals surface area contributed by atoms with Crippen LogP contribution in [0.5, 0.6) is 0 Å². The number of aliphatic hydroxyl groups is 1. The van der Waals surface area contributed by atoms with E-state index in [1.165, 1.54) is 11.3 Å². The molecule has 1 saturated heterocycles. The Bertz CT molecular complexity index is 1190. The van der Waals surface area contributed by atoms with Gasteiger partial charge in [-0.2, -0.15) is 0 Å². The fourth-order valence-corrected chi connectivity index (χ4v) is 6.87. The number of fused-ring (bicyclic) bond motifs is 1. The average Bonchev–Trinajstić information content (AvgIpc) is 3.39. The van der Waals surface area contributed by atoms with E-state index >= 15 is 0 Å². The van der Waals surface area contributed by atoms with E-state index in [0.717, 1.165) is 15.8 Å². The number of aromatic nitrogens is 1. The third-order valence-electron chi connectivity index (χ3n) is 5.46. The molecule has 164 valence electrons. The number of halogens is 1. The molecule has 0 bridgehead atoms. The van der Waals surface area contributed by atoms with Crippen LogP contribution in [0.4, 0.5) is 0 Å². The summed E-state index contributed by atoms with van der Waals surface area (Å²) < 4.78 is 25.0. The number of benzene rings is 1. The van der Waals surface area contributed by atoms with E-state index in [0.29, 0.717) is 10.8 Å². The maximum Gasteiger partial charge on any atom is 0.268 e. The van der Waals surface area contributed by atoms with Crippen LogP contribution in [-0.2, 0) is 21.1 Å². The first-order valence-electron chi connectivity index (χ1n) is 9.81. The molecular weight excluding hydrogens is 460 g/mol. The zero-order chi connectivity index (χ0) is 22.2. The van der Waals surface area contributed by atoms with Crippen molar-refractivity contribution in [3.05, 3.63) is 58.1 Å². The molecule has 3 N–H and O–H groups in total. The molecule has 2 aromatic heterocycles. The van der Waals surface area contributed by atoms with Crippen LogP contribution in [0.3, 0.4) is 0 Å². The topological polar surface area (TPSA) is 116 Å². The number of hydrogen-bond donors (Lipinski definition) is 3. The van der Waals surface area contributed by atoms with Gasteiger partial charge in [-0.1, -0.05) is 41.9 Å². The molecule has 3 aromatic rings. The summed E-state index contributed by atoms with van der Waals surface area (Å²) in [6.07, 6.45) is -0.888. The van der Waals surface area contributed by atoms with Gasteiger partial charge in [0.15, 0.2) is 15.6 Å². The van der Waals surface area contributed by atoms with E-state index in [1.54, 1.807) is 12.1 Å². The van der Waals surface area contributed by atoms with Crippen LogP contribution in [0.25, 0.3) is 10.2 Å². The normalized spacial score (nSPS) is 19.9. The van der Waals surface area contributed by atoms with E-state index in [1.807, 2.05) is 30.3 Å². The molecular formula is C21H21ClN2O5S2. The number of aromatic amines is 1. The van der Waals surface area contributed by atoms with Crippen LogP contribution < -0.4 is 5.32 Å². The van der Waals surface area contributed by atoms with E-state index in [-0.39, 0.29) is 24.3 Å². The number of carbonyl (C=O) groups is 2. The third-order valence-corrected chi connectivity index (χ3v) is 8.84. The van der Waals surface area contributed by atoms with Gasteiger partial charge in [-0.15, -0.1) is 11.3 Å². The molecule has 1 aromatic carbocycles. The first-order valence-corrected chi connectivity index (χ1v) is 12.7. The summed E-state index contributed by atoms with van der Waals surface area (Å²) in [4.78, 5) is 29.4. The van der Waals surface area contributed by atoms with E-state index in [2.05, 4.69) is 10.3 Å². The molecule has 1 fully saturated rings. The van der Waals surface area contributed by atoms with E-state index in [4.69, 9.17) is 11.6 Å². The maximum atomic E-state index is 12.9. The SMILES string of the molecule is O=C(NC(Cc1ccccc1)C(O)C(=O)C1CCCS1(=O)=O)c1cc2cc(Cl)sc2[nH]1. The van der Waals surface area contributed by atoms with Crippen molar-refractivity contribution in [2.45, 2.75) is 36.7 Å². The van der Waals surface area contributed by atoms with Gasteiger partial charge in [0.2, 0.25) is 0 Å². The minimum atomic E-state index is -3.57. The van der Waals surface area contributed by atoms with Crippen molar-refractivity contribution in [3.8, 4) is 0 Å². The summed E-state index contributed by atoms with van der Waals surface area (Å²) in [6, 6.07) is 11.5. The number of carbonyl (C=O) groups excluding carboxylic acids is 2. The highest BCUT2D eigenvalue weighted by molar-refractivity contribution is 7.93. The lowest BCUT2D eigenvalue weighted by Crippen LogP contribution is -2.51. The summed E-state index contributed by atoms with van der Waals surface area (Å²) in [6.45, 7) is 0. The number of ketones is 1. The lowest BCUT2D eigenvalue weighted by Gasteiger charge is -2.25. The number of rotatable bonds is 7. The summed E-state index contributed by atoms with van der Waals surface area (Å²) in [5.41, 5.74) is 1.07. The predicted molar refractivity (Wildman–Crippen MR) is 120 cm³/mol. The number of sulfone groups is 1. The van der Waals surface area contributed by atoms with Crippen molar-refractivity contribution < 1.29 is 23.1 Å². The monoisotopic (exact) mass is 480 g/mol. The maximum absolute atomic E-state index is 12.9. The zero-order valence-electron chi connectivity index (χ0n) is 16.4. The lowest BCUT2D eigenvalue weighted by atomic mass is 9.96. The number of thiophene rings is 1. The second-order valence-corrected chi connectivity index (χ2v) is 11.6. The van der Waals surface area contributed by atoms with Crippen LogP contribution >= 0.6 is 22.9 Å². The summed E-state index contributed by atoms with van der Waals surface area (Å²) in [7, 11) is -3.57. The van der Waals surface area contributed by atoms with Gasteiger partial charge in [0.1, 0.15) is 21.9 Å². The predicted octanol–water partition coefficient (Wildman–Crippen LogP) is 2.73. The number of aliphatic hydroxyl groups excluding tert-OH is 1. The molecule has 1 aliphatic rings. The highest BCUT2D eigenvalue weighted by atomic mass is 35.5. The molecule has 3 unspecified atom stereocenters. The van der Waals surface area contributed by atoms with E-state index in [9.17, 15) is 23.1 Å². The molecule has 0 saturated carbocycles. The van der Waals surface area contributed by atoms with Crippen molar-refractivity contribution in [3.63, 3.8) is 0 Å². The largest absolute Gasteiger partial charge is 0.383 e.